The first-order valence-corrected chi connectivity index (χ1v) is 8.57. The average molecular weight is 343 g/mol. The minimum absolute atomic E-state index is 0.283. The van der Waals surface area contributed by atoms with E-state index in [1.165, 1.54) is 0 Å². The van der Waals surface area contributed by atoms with Gasteiger partial charge in [-0.25, -0.2) is 9.97 Å². The number of aromatic amines is 1. The van der Waals surface area contributed by atoms with Crippen LogP contribution in [0.1, 0.15) is 19.3 Å². The van der Waals surface area contributed by atoms with Gasteiger partial charge < -0.3 is 10.6 Å². The second-order valence-electron chi connectivity index (χ2n) is 6.16. The van der Waals surface area contributed by atoms with Crippen molar-refractivity contribution < 1.29 is 0 Å². The van der Waals surface area contributed by atoms with E-state index in [1.54, 1.807) is 0 Å². The normalized spacial score (nSPS) is 18.8. The van der Waals surface area contributed by atoms with Gasteiger partial charge in [0.1, 0.15) is 17.0 Å². The number of nitrogens with zero attached hydrogens (tertiary/aromatic N) is 4. The first-order chi connectivity index (χ1) is 11.7. The summed E-state index contributed by atoms with van der Waals surface area (Å²) in [5.74, 6) is 0.867. The van der Waals surface area contributed by atoms with E-state index in [4.69, 9.17) is 22.3 Å². The van der Waals surface area contributed by atoms with Crippen LogP contribution < -0.4 is 10.6 Å². The van der Waals surface area contributed by atoms with Crippen LogP contribution >= 0.6 is 11.6 Å². The highest BCUT2D eigenvalue weighted by Crippen LogP contribution is 2.30. The number of benzene rings is 1. The van der Waals surface area contributed by atoms with Crippen LogP contribution in [0.15, 0.2) is 30.5 Å². The molecule has 1 aromatic carbocycles. The number of nitrogens with two attached hydrogens (primary N) is 1. The number of fused-ring (bicyclic) bond motifs is 1. The monoisotopic (exact) mass is 342 g/mol. The van der Waals surface area contributed by atoms with Crippen LogP contribution in [0.5, 0.6) is 0 Å². The van der Waals surface area contributed by atoms with Crippen molar-refractivity contribution in [2.75, 3.05) is 18.0 Å². The summed E-state index contributed by atoms with van der Waals surface area (Å²) in [6.07, 6.45) is 4.93. The summed E-state index contributed by atoms with van der Waals surface area (Å²) in [6, 6.07) is 7.90. The molecule has 1 fully saturated rings. The highest BCUT2D eigenvalue weighted by atomic mass is 35.5. The molecule has 24 heavy (non-hydrogen) atoms. The molecule has 0 bridgehead atoms. The van der Waals surface area contributed by atoms with Crippen molar-refractivity contribution in [1.82, 2.24) is 20.2 Å². The van der Waals surface area contributed by atoms with Crippen LogP contribution in [0, 0.1) is 0 Å². The number of aromatic nitrogens is 4. The van der Waals surface area contributed by atoms with Crippen LogP contribution in [0.25, 0.3) is 22.4 Å². The van der Waals surface area contributed by atoms with E-state index in [9.17, 15) is 0 Å². The third-order valence-corrected chi connectivity index (χ3v) is 4.81. The van der Waals surface area contributed by atoms with Crippen LogP contribution in [-0.4, -0.2) is 39.3 Å². The molecule has 7 heteroatoms. The summed E-state index contributed by atoms with van der Waals surface area (Å²) in [5, 5.41) is 8.01. The van der Waals surface area contributed by atoms with Gasteiger partial charge in [0.15, 0.2) is 5.65 Å². The maximum Gasteiger partial charge on any atom is 0.177 e. The van der Waals surface area contributed by atoms with Gasteiger partial charge in [-0.15, -0.1) is 0 Å². The summed E-state index contributed by atoms with van der Waals surface area (Å²) in [4.78, 5) is 11.5. The van der Waals surface area contributed by atoms with Crippen molar-refractivity contribution in [2.45, 2.75) is 25.3 Å². The molecule has 0 saturated carbocycles. The number of hydrogen-bond acceptors (Lipinski definition) is 5. The number of hydrogen-bond donors (Lipinski definition) is 2. The Kier molecular flexibility index (Phi) is 4.08. The molecule has 0 spiro atoms. The predicted octanol–water partition coefficient (Wildman–Crippen LogP) is 2.99. The first kappa shape index (κ1) is 15.4. The summed E-state index contributed by atoms with van der Waals surface area (Å²) < 4.78 is 0. The zero-order chi connectivity index (χ0) is 16.5. The first-order valence-electron chi connectivity index (χ1n) is 8.19. The van der Waals surface area contributed by atoms with Crippen molar-refractivity contribution in [3.8, 4) is 11.3 Å². The van der Waals surface area contributed by atoms with Crippen molar-refractivity contribution >= 4 is 28.6 Å². The van der Waals surface area contributed by atoms with Gasteiger partial charge in [-0.1, -0.05) is 29.8 Å². The Morgan fingerprint density at radius 3 is 2.96 bits per heavy atom. The van der Waals surface area contributed by atoms with E-state index in [0.29, 0.717) is 10.7 Å². The molecule has 1 saturated heterocycles. The number of H-pyrrole nitrogens is 1. The molecule has 1 aliphatic heterocycles. The SMILES string of the molecule is NC1CCCN(c2cnc3c(-c4ccccc4Cl)n[nH]c3n2)CC1. The molecule has 6 nitrogen and oxygen atoms in total. The van der Waals surface area contributed by atoms with Gasteiger partial charge in [-0.05, 0) is 25.3 Å². The van der Waals surface area contributed by atoms with E-state index in [1.807, 2.05) is 30.5 Å². The molecule has 3 N–H and O–H groups in total. The maximum absolute atomic E-state index is 6.28. The smallest absolute Gasteiger partial charge is 0.177 e. The third-order valence-electron chi connectivity index (χ3n) is 4.48. The van der Waals surface area contributed by atoms with Crippen molar-refractivity contribution in [2.24, 2.45) is 5.73 Å². The molecule has 0 amide bonds. The Labute approximate surface area is 145 Å². The molecule has 4 rings (SSSR count). The topological polar surface area (TPSA) is 83.7 Å². The standard InChI is InChI=1S/C17H19ClN6/c18-13-6-2-1-5-12(13)15-16-17(23-22-15)21-14(10-20-16)24-8-3-4-11(19)7-9-24/h1-2,5-6,10-11H,3-4,7-9,19H2,(H,21,22,23). The van der Waals surface area contributed by atoms with Crippen LogP contribution in [0.3, 0.4) is 0 Å². The molecule has 1 unspecified atom stereocenters. The number of rotatable bonds is 2. The molecular weight excluding hydrogens is 324 g/mol. The van der Waals surface area contributed by atoms with Crippen molar-refractivity contribution in [1.29, 1.82) is 0 Å². The van der Waals surface area contributed by atoms with Crippen molar-refractivity contribution in [3.05, 3.63) is 35.5 Å². The summed E-state index contributed by atoms with van der Waals surface area (Å²) in [6.45, 7) is 1.87. The lowest BCUT2D eigenvalue weighted by molar-refractivity contribution is 0.601. The van der Waals surface area contributed by atoms with E-state index in [2.05, 4.69) is 20.1 Å². The van der Waals surface area contributed by atoms with Gasteiger partial charge in [0.05, 0.1) is 11.2 Å². The summed E-state index contributed by atoms with van der Waals surface area (Å²) in [7, 11) is 0. The second kappa shape index (κ2) is 6.37. The summed E-state index contributed by atoms with van der Waals surface area (Å²) >= 11 is 6.28. The third kappa shape index (κ3) is 2.83. The lowest BCUT2D eigenvalue weighted by Crippen LogP contribution is -2.27. The minimum atomic E-state index is 0.283. The molecule has 0 radical (unpaired) electrons. The fraction of sp³-hybridized carbons (Fsp3) is 0.353. The molecule has 124 valence electrons. The Bertz CT molecular complexity index is 861. The molecule has 3 heterocycles. The number of halogens is 1. The predicted molar refractivity (Wildman–Crippen MR) is 96.2 cm³/mol. The molecule has 2 aromatic heterocycles. The van der Waals surface area contributed by atoms with E-state index >= 15 is 0 Å². The van der Waals surface area contributed by atoms with Gasteiger partial charge in [-0.2, -0.15) is 5.10 Å². The Morgan fingerprint density at radius 2 is 2.08 bits per heavy atom. The fourth-order valence-electron chi connectivity index (χ4n) is 3.14. The highest BCUT2D eigenvalue weighted by molar-refractivity contribution is 6.33. The van der Waals surface area contributed by atoms with Crippen LogP contribution in [0.4, 0.5) is 5.82 Å². The molecule has 0 aliphatic carbocycles. The average Bonchev–Trinajstić information content (AvgIpc) is 2.88. The Morgan fingerprint density at radius 1 is 1.21 bits per heavy atom. The largest absolute Gasteiger partial charge is 0.355 e. The summed E-state index contributed by atoms with van der Waals surface area (Å²) in [5.41, 5.74) is 9.05. The van der Waals surface area contributed by atoms with Gasteiger partial charge in [0.25, 0.3) is 0 Å². The van der Waals surface area contributed by atoms with Gasteiger partial charge in [0.2, 0.25) is 0 Å². The van der Waals surface area contributed by atoms with E-state index < -0.39 is 0 Å². The lowest BCUT2D eigenvalue weighted by Gasteiger charge is -2.20. The van der Waals surface area contributed by atoms with Gasteiger partial charge >= 0.3 is 0 Å². The van der Waals surface area contributed by atoms with Crippen LogP contribution in [0.2, 0.25) is 5.02 Å². The Balaban J connectivity index is 1.69. The Hall–Kier alpha value is -2.18. The minimum Gasteiger partial charge on any atom is -0.355 e. The molecule has 1 atom stereocenters. The zero-order valence-corrected chi connectivity index (χ0v) is 14.0. The quantitative estimate of drug-likeness (QED) is 0.748. The second-order valence-corrected chi connectivity index (χ2v) is 6.56. The number of anilines is 1. The van der Waals surface area contributed by atoms with E-state index in [-0.39, 0.29) is 6.04 Å². The maximum atomic E-state index is 6.28. The van der Waals surface area contributed by atoms with Crippen molar-refractivity contribution in [3.63, 3.8) is 0 Å². The molecular formula is C17H19ClN6. The van der Waals surface area contributed by atoms with E-state index in [0.717, 1.165) is 54.9 Å². The zero-order valence-electron chi connectivity index (χ0n) is 13.2. The molecule has 1 aliphatic rings. The van der Waals surface area contributed by atoms with Gasteiger partial charge in [-0.3, -0.25) is 5.10 Å². The fourth-order valence-corrected chi connectivity index (χ4v) is 3.36. The number of nitrogens with one attached hydrogen (secondary N) is 1. The van der Waals surface area contributed by atoms with Crippen LogP contribution in [-0.2, 0) is 0 Å². The lowest BCUT2D eigenvalue weighted by atomic mass is 10.1. The highest BCUT2D eigenvalue weighted by Gasteiger charge is 2.18. The molecule has 3 aromatic rings. The van der Waals surface area contributed by atoms with Gasteiger partial charge in [0, 0.05) is 24.7 Å².